The van der Waals surface area contributed by atoms with Gasteiger partial charge in [-0.2, -0.15) is 5.10 Å². The number of aromatic nitrogens is 3. The van der Waals surface area contributed by atoms with Gasteiger partial charge in [0.05, 0.1) is 10.7 Å². The third kappa shape index (κ3) is 2.15. The van der Waals surface area contributed by atoms with E-state index in [-0.39, 0.29) is 0 Å². The summed E-state index contributed by atoms with van der Waals surface area (Å²) < 4.78 is 2.66. The SMILES string of the molecule is Cc1cc(CI)nn1-c1ncccc1Cl. The zero-order valence-electron chi connectivity index (χ0n) is 8.11. The van der Waals surface area contributed by atoms with Gasteiger partial charge in [0.1, 0.15) is 0 Å². The number of halogens is 2. The van der Waals surface area contributed by atoms with Crippen LogP contribution in [0.5, 0.6) is 0 Å². The number of alkyl halides is 1. The quantitative estimate of drug-likeness (QED) is 0.624. The summed E-state index contributed by atoms with van der Waals surface area (Å²) in [5, 5.41) is 5.04. The minimum Gasteiger partial charge on any atom is -0.236 e. The number of rotatable bonds is 2. The van der Waals surface area contributed by atoms with Gasteiger partial charge < -0.3 is 0 Å². The van der Waals surface area contributed by atoms with Crippen LogP contribution in [-0.2, 0) is 4.43 Å². The lowest BCUT2D eigenvalue weighted by molar-refractivity contribution is 0.806. The van der Waals surface area contributed by atoms with E-state index in [2.05, 4.69) is 32.7 Å². The van der Waals surface area contributed by atoms with Gasteiger partial charge in [-0.1, -0.05) is 34.2 Å². The van der Waals surface area contributed by atoms with Crippen LogP contribution in [0.4, 0.5) is 0 Å². The lowest BCUT2D eigenvalue weighted by Crippen LogP contribution is -2.02. The normalized spacial score (nSPS) is 10.6. The third-order valence-corrected chi connectivity index (χ3v) is 3.09. The van der Waals surface area contributed by atoms with Gasteiger partial charge in [0.25, 0.3) is 0 Å². The molecule has 2 aromatic rings. The Bertz CT molecular complexity index is 481. The molecule has 0 atom stereocenters. The van der Waals surface area contributed by atoms with E-state index in [1.54, 1.807) is 10.9 Å². The third-order valence-electron chi connectivity index (χ3n) is 2.01. The van der Waals surface area contributed by atoms with Gasteiger partial charge in [-0.25, -0.2) is 9.67 Å². The minimum absolute atomic E-state index is 0.615. The maximum atomic E-state index is 6.06. The summed E-state index contributed by atoms with van der Waals surface area (Å²) in [5.41, 5.74) is 2.08. The van der Waals surface area contributed by atoms with Gasteiger partial charge in [-0.3, -0.25) is 0 Å². The molecule has 0 aromatic carbocycles. The van der Waals surface area contributed by atoms with Crippen molar-refractivity contribution in [2.75, 3.05) is 0 Å². The fraction of sp³-hybridized carbons (Fsp3) is 0.200. The molecule has 0 fully saturated rings. The molecule has 5 heteroatoms. The fourth-order valence-electron chi connectivity index (χ4n) is 1.35. The minimum atomic E-state index is 0.615. The molecule has 0 aliphatic rings. The predicted molar refractivity (Wildman–Crippen MR) is 68.8 cm³/mol. The molecule has 0 bridgehead atoms. The second-order valence-electron chi connectivity index (χ2n) is 3.13. The smallest absolute Gasteiger partial charge is 0.172 e. The standard InChI is InChI=1S/C10H9ClIN3/c1-7-5-8(6-12)14-15(7)10-9(11)3-2-4-13-10/h2-5H,6H2,1H3. The molecule has 15 heavy (non-hydrogen) atoms. The molecule has 0 N–H and O–H groups in total. The van der Waals surface area contributed by atoms with E-state index in [0.29, 0.717) is 10.8 Å². The lowest BCUT2D eigenvalue weighted by Gasteiger charge is -2.04. The summed E-state index contributed by atoms with van der Waals surface area (Å²) in [6, 6.07) is 5.66. The molecule has 2 heterocycles. The first-order valence-electron chi connectivity index (χ1n) is 4.45. The van der Waals surface area contributed by atoms with Gasteiger partial charge >= 0.3 is 0 Å². The van der Waals surface area contributed by atoms with Crippen LogP contribution in [0.3, 0.4) is 0 Å². The highest BCUT2D eigenvalue weighted by Gasteiger charge is 2.09. The first kappa shape index (κ1) is 10.9. The summed E-state index contributed by atoms with van der Waals surface area (Å²) in [4.78, 5) is 4.22. The molecule has 0 saturated carbocycles. The van der Waals surface area contributed by atoms with Crippen LogP contribution in [0.2, 0.25) is 5.02 Å². The topological polar surface area (TPSA) is 30.7 Å². The molecular weight excluding hydrogens is 324 g/mol. The molecule has 0 amide bonds. The van der Waals surface area contributed by atoms with Crippen molar-refractivity contribution >= 4 is 34.2 Å². The van der Waals surface area contributed by atoms with Gasteiger partial charge in [-0.05, 0) is 25.1 Å². The Hall–Kier alpha value is -0.620. The Morgan fingerprint density at radius 3 is 2.93 bits per heavy atom. The molecule has 0 radical (unpaired) electrons. The molecule has 0 unspecified atom stereocenters. The molecular formula is C10H9ClIN3. The molecule has 3 nitrogen and oxygen atoms in total. The van der Waals surface area contributed by atoms with Crippen molar-refractivity contribution in [1.29, 1.82) is 0 Å². The van der Waals surface area contributed by atoms with Crippen LogP contribution in [0.15, 0.2) is 24.4 Å². The molecule has 0 aliphatic carbocycles. The Morgan fingerprint density at radius 1 is 1.53 bits per heavy atom. The van der Waals surface area contributed by atoms with Crippen molar-refractivity contribution in [2.45, 2.75) is 11.4 Å². The zero-order valence-corrected chi connectivity index (χ0v) is 11.0. The zero-order chi connectivity index (χ0) is 10.8. The average molecular weight is 334 g/mol. The largest absolute Gasteiger partial charge is 0.236 e. The molecule has 0 saturated heterocycles. The maximum Gasteiger partial charge on any atom is 0.172 e. The van der Waals surface area contributed by atoms with Crippen molar-refractivity contribution in [2.24, 2.45) is 0 Å². The second-order valence-corrected chi connectivity index (χ2v) is 4.30. The van der Waals surface area contributed by atoms with Crippen molar-refractivity contribution in [3.63, 3.8) is 0 Å². The molecule has 0 spiro atoms. The van der Waals surface area contributed by atoms with Gasteiger partial charge in [0.15, 0.2) is 5.82 Å². The van der Waals surface area contributed by atoms with E-state index in [0.717, 1.165) is 15.8 Å². The van der Waals surface area contributed by atoms with E-state index in [9.17, 15) is 0 Å². The van der Waals surface area contributed by atoms with Crippen LogP contribution < -0.4 is 0 Å². The average Bonchev–Trinajstić information content (AvgIpc) is 2.60. The first-order valence-corrected chi connectivity index (χ1v) is 6.35. The Morgan fingerprint density at radius 2 is 2.33 bits per heavy atom. The Kier molecular flexibility index (Phi) is 3.25. The highest BCUT2D eigenvalue weighted by atomic mass is 127. The number of nitrogens with zero attached hydrogens (tertiary/aromatic N) is 3. The Labute approximate surface area is 107 Å². The Balaban J connectivity index is 2.54. The van der Waals surface area contributed by atoms with Gasteiger partial charge in [0, 0.05) is 16.3 Å². The number of aryl methyl sites for hydroxylation is 1. The fourth-order valence-corrected chi connectivity index (χ4v) is 1.93. The summed E-state index contributed by atoms with van der Waals surface area (Å²) in [7, 11) is 0. The van der Waals surface area contributed by atoms with Crippen molar-refractivity contribution in [3.8, 4) is 5.82 Å². The number of hydrogen-bond donors (Lipinski definition) is 0. The van der Waals surface area contributed by atoms with Crippen LogP contribution in [0.1, 0.15) is 11.4 Å². The highest BCUT2D eigenvalue weighted by molar-refractivity contribution is 14.1. The van der Waals surface area contributed by atoms with E-state index in [1.807, 2.05) is 25.1 Å². The lowest BCUT2D eigenvalue weighted by atomic mass is 10.4. The van der Waals surface area contributed by atoms with Crippen molar-refractivity contribution in [3.05, 3.63) is 40.8 Å². The van der Waals surface area contributed by atoms with E-state index in [4.69, 9.17) is 11.6 Å². The summed E-state index contributed by atoms with van der Waals surface area (Å²) >= 11 is 8.34. The second kappa shape index (κ2) is 4.49. The van der Waals surface area contributed by atoms with Crippen LogP contribution in [-0.4, -0.2) is 14.8 Å². The molecule has 78 valence electrons. The number of hydrogen-bond acceptors (Lipinski definition) is 2. The summed E-state index contributed by atoms with van der Waals surface area (Å²) in [6.07, 6.45) is 1.71. The van der Waals surface area contributed by atoms with Crippen LogP contribution in [0, 0.1) is 6.92 Å². The van der Waals surface area contributed by atoms with Gasteiger partial charge in [0.2, 0.25) is 0 Å². The number of pyridine rings is 1. The van der Waals surface area contributed by atoms with Crippen molar-refractivity contribution < 1.29 is 0 Å². The molecule has 0 aliphatic heterocycles. The van der Waals surface area contributed by atoms with Gasteiger partial charge in [-0.15, -0.1) is 0 Å². The van der Waals surface area contributed by atoms with Crippen molar-refractivity contribution in [1.82, 2.24) is 14.8 Å². The molecule has 2 rings (SSSR count). The van der Waals surface area contributed by atoms with E-state index in [1.165, 1.54) is 0 Å². The molecule has 2 aromatic heterocycles. The van der Waals surface area contributed by atoms with Crippen LogP contribution in [0.25, 0.3) is 5.82 Å². The predicted octanol–water partition coefficient (Wildman–Crippen LogP) is 3.16. The first-order chi connectivity index (χ1) is 7.22. The van der Waals surface area contributed by atoms with Crippen LogP contribution >= 0.6 is 34.2 Å². The summed E-state index contributed by atoms with van der Waals surface area (Å²) in [6.45, 7) is 1.99. The van der Waals surface area contributed by atoms with E-state index >= 15 is 0 Å². The van der Waals surface area contributed by atoms with E-state index < -0.39 is 0 Å². The maximum absolute atomic E-state index is 6.06. The highest BCUT2D eigenvalue weighted by Crippen LogP contribution is 2.19. The monoisotopic (exact) mass is 333 g/mol. The summed E-state index contributed by atoms with van der Waals surface area (Å²) in [5.74, 6) is 0.688.